The van der Waals surface area contributed by atoms with E-state index in [1.54, 1.807) is 12.1 Å². The molecule has 0 aliphatic carbocycles. The average molecular weight is 492 g/mol. The molecule has 0 bridgehead atoms. The summed E-state index contributed by atoms with van der Waals surface area (Å²) in [5.74, 6) is 6.68. The van der Waals surface area contributed by atoms with Gasteiger partial charge in [0.15, 0.2) is 0 Å². The molecule has 0 saturated carbocycles. The van der Waals surface area contributed by atoms with Crippen LogP contribution in [0.25, 0.3) is 0 Å². The smallest absolute Gasteiger partial charge is 0.141 e. The van der Waals surface area contributed by atoms with Crippen molar-refractivity contribution in [2.75, 3.05) is 26.2 Å². The molecular weight excluding hydrogens is 454 g/mol. The first-order valence-corrected chi connectivity index (χ1v) is 13.6. The van der Waals surface area contributed by atoms with Gasteiger partial charge in [0.05, 0.1) is 24.5 Å². The van der Waals surface area contributed by atoms with Crippen LogP contribution in [-0.2, 0) is 10.1 Å². The highest BCUT2D eigenvalue weighted by atomic mass is 35.5. The largest absolute Gasteiger partial charge is 0.744 e. The van der Waals surface area contributed by atoms with Crippen LogP contribution in [0, 0.1) is 18.8 Å². The van der Waals surface area contributed by atoms with Crippen LogP contribution < -0.4 is 0 Å². The fraction of sp³-hybridized carbons (Fsp3) is 0.481. The van der Waals surface area contributed by atoms with E-state index in [2.05, 4.69) is 32.6 Å². The molecule has 0 spiro atoms. The fourth-order valence-corrected chi connectivity index (χ4v) is 4.04. The van der Waals surface area contributed by atoms with Crippen LogP contribution in [0.4, 0.5) is 0 Å². The fourth-order valence-electron chi connectivity index (χ4n) is 3.44. The summed E-state index contributed by atoms with van der Waals surface area (Å²) < 4.78 is 32.3. The molecule has 4 nitrogen and oxygen atoms in total. The first-order valence-electron chi connectivity index (χ1n) is 11.8. The van der Waals surface area contributed by atoms with E-state index >= 15 is 0 Å². The standard InChI is InChI=1S/C20H31ClN.C7H8O3S/c1-4-7-8-9-10-17-22(5-2,6-3)18-11-12-19-13-15-20(21)16-14-19;1-6-2-4-7(5-3-6)11(8,9)10/h13-16H,4-10,17-18H2,1-3H3;2-5H,1H3,(H,8,9,10)/q+1;/p-1. The zero-order valence-electron chi connectivity index (χ0n) is 20.4. The normalized spacial score (nSPS) is 11.2. The molecule has 0 aliphatic rings. The maximum absolute atomic E-state index is 10.4. The molecule has 0 aromatic heterocycles. The molecular formula is C27H38ClNO3S. The second-order valence-corrected chi connectivity index (χ2v) is 10.2. The van der Waals surface area contributed by atoms with Crippen molar-refractivity contribution in [1.29, 1.82) is 0 Å². The number of halogens is 1. The van der Waals surface area contributed by atoms with Crippen molar-refractivity contribution >= 4 is 21.7 Å². The minimum atomic E-state index is -4.27. The van der Waals surface area contributed by atoms with Gasteiger partial charge in [-0.25, -0.2) is 8.42 Å². The van der Waals surface area contributed by atoms with Gasteiger partial charge >= 0.3 is 0 Å². The number of unbranched alkanes of at least 4 members (excludes halogenated alkanes) is 4. The number of rotatable bonds is 10. The first kappa shape index (κ1) is 29.2. The van der Waals surface area contributed by atoms with Gasteiger partial charge in [-0.1, -0.05) is 61.4 Å². The molecule has 6 heteroatoms. The number of aryl methyl sites for hydroxylation is 1. The van der Waals surface area contributed by atoms with Gasteiger partial charge in [0.25, 0.3) is 0 Å². The molecule has 2 rings (SSSR count). The summed E-state index contributed by atoms with van der Waals surface area (Å²) in [7, 11) is -4.27. The second kappa shape index (κ2) is 15.1. The predicted molar refractivity (Wildman–Crippen MR) is 137 cm³/mol. The molecule has 2 aromatic carbocycles. The Morgan fingerprint density at radius 1 is 0.879 bits per heavy atom. The van der Waals surface area contributed by atoms with E-state index < -0.39 is 10.1 Å². The summed E-state index contributed by atoms with van der Waals surface area (Å²) >= 11 is 5.91. The average Bonchev–Trinajstić information content (AvgIpc) is 2.79. The summed E-state index contributed by atoms with van der Waals surface area (Å²) in [4.78, 5) is -0.178. The highest BCUT2D eigenvalue weighted by Gasteiger charge is 2.20. The van der Waals surface area contributed by atoms with Gasteiger partial charge in [-0.2, -0.15) is 0 Å². The summed E-state index contributed by atoms with van der Waals surface area (Å²) in [5, 5.41) is 0.768. The van der Waals surface area contributed by atoms with Crippen LogP contribution in [0.5, 0.6) is 0 Å². The Kier molecular flexibility index (Phi) is 13.4. The lowest BCUT2D eigenvalue weighted by molar-refractivity contribution is -0.918. The molecule has 0 saturated heterocycles. The molecule has 0 aliphatic heterocycles. The first-order chi connectivity index (χ1) is 15.7. The number of quaternary nitrogens is 1. The number of nitrogens with zero attached hydrogens (tertiary/aromatic N) is 1. The van der Waals surface area contributed by atoms with Crippen molar-refractivity contribution < 1.29 is 17.5 Å². The summed E-state index contributed by atoms with van der Waals surface area (Å²) in [6.45, 7) is 13.2. The lowest BCUT2D eigenvalue weighted by Crippen LogP contribution is -2.48. The molecule has 0 N–H and O–H groups in total. The van der Waals surface area contributed by atoms with Crippen LogP contribution in [0.3, 0.4) is 0 Å². The van der Waals surface area contributed by atoms with Crippen molar-refractivity contribution in [3.05, 3.63) is 64.7 Å². The van der Waals surface area contributed by atoms with E-state index in [1.807, 2.05) is 31.2 Å². The lowest BCUT2D eigenvalue weighted by Gasteiger charge is -2.35. The molecule has 0 unspecified atom stereocenters. The lowest BCUT2D eigenvalue weighted by atomic mass is 10.1. The third-order valence-electron chi connectivity index (χ3n) is 5.88. The zero-order chi connectivity index (χ0) is 24.7. The number of benzene rings is 2. The SMILES string of the molecule is CCCCCCC[N+](CC)(CC)CC#Cc1ccc(Cl)cc1.Cc1ccc(S(=O)(=O)[O-])cc1. The van der Waals surface area contributed by atoms with Crippen molar-refractivity contribution in [2.24, 2.45) is 0 Å². The van der Waals surface area contributed by atoms with E-state index in [9.17, 15) is 13.0 Å². The molecule has 0 atom stereocenters. The molecule has 0 amide bonds. The third-order valence-corrected chi connectivity index (χ3v) is 6.98. The summed E-state index contributed by atoms with van der Waals surface area (Å²) in [5.41, 5.74) is 1.98. The van der Waals surface area contributed by atoms with Crippen molar-refractivity contribution in [1.82, 2.24) is 0 Å². The molecule has 0 heterocycles. The maximum Gasteiger partial charge on any atom is 0.141 e. The third kappa shape index (κ3) is 11.7. The van der Waals surface area contributed by atoms with Gasteiger partial charge < -0.3 is 9.04 Å². The molecule has 33 heavy (non-hydrogen) atoms. The van der Waals surface area contributed by atoms with Gasteiger partial charge in [-0.05, 0) is 75.9 Å². The zero-order valence-corrected chi connectivity index (χ0v) is 22.0. The molecule has 182 valence electrons. The van der Waals surface area contributed by atoms with Gasteiger partial charge in [0.1, 0.15) is 16.7 Å². The Labute approximate surface area is 206 Å². The van der Waals surface area contributed by atoms with Crippen LogP contribution in [-0.4, -0.2) is 43.6 Å². The Balaban J connectivity index is 0.000000412. The van der Waals surface area contributed by atoms with Crippen LogP contribution >= 0.6 is 11.6 Å². The second-order valence-electron chi connectivity index (χ2n) is 8.35. The van der Waals surface area contributed by atoms with E-state index in [1.165, 1.54) is 63.9 Å². The summed E-state index contributed by atoms with van der Waals surface area (Å²) in [6.07, 6.45) is 6.74. The number of hydrogen-bond donors (Lipinski definition) is 0. The van der Waals surface area contributed by atoms with E-state index in [-0.39, 0.29) is 4.90 Å². The quantitative estimate of drug-likeness (QED) is 0.167. The Hall–Kier alpha value is -1.84. The van der Waals surface area contributed by atoms with Gasteiger partial charge in [-0.3, -0.25) is 0 Å². The van der Waals surface area contributed by atoms with Crippen LogP contribution in [0.15, 0.2) is 53.4 Å². The molecule has 0 fully saturated rings. The van der Waals surface area contributed by atoms with E-state index in [0.29, 0.717) is 0 Å². The van der Waals surface area contributed by atoms with Crippen molar-refractivity contribution in [2.45, 2.75) is 64.7 Å². The van der Waals surface area contributed by atoms with Gasteiger partial charge in [0.2, 0.25) is 0 Å². The van der Waals surface area contributed by atoms with E-state index in [4.69, 9.17) is 11.6 Å². The Morgan fingerprint density at radius 2 is 1.45 bits per heavy atom. The monoisotopic (exact) mass is 491 g/mol. The van der Waals surface area contributed by atoms with Crippen LogP contribution in [0.2, 0.25) is 5.02 Å². The molecule has 2 aromatic rings. The number of hydrogen-bond acceptors (Lipinski definition) is 3. The Bertz CT molecular complexity index is 971. The highest BCUT2D eigenvalue weighted by Crippen LogP contribution is 2.12. The van der Waals surface area contributed by atoms with Crippen LogP contribution in [0.1, 0.15) is 64.0 Å². The van der Waals surface area contributed by atoms with E-state index in [0.717, 1.165) is 27.2 Å². The summed E-state index contributed by atoms with van der Waals surface area (Å²) in [6, 6.07) is 13.6. The Morgan fingerprint density at radius 3 is 1.97 bits per heavy atom. The highest BCUT2D eigenvalue weighted by molar-refractivity contribution is 7.85. The predicted octanol–water partition coefficient (Wildman–Crippen LogP) is 6.42. The molecule has 0 radical (unpaired) electrons. The van der Waals surface area contributed by atoms with Crippen molar-refractivity contribution in [3.63, 3.8) is 0 Å². The maximum atomic E-state index is 10.4. The topological polar surface area (TPSA) is 57.2 Å². The van der Waals surface area contributed by atoms with Gasteiger partial charge in [-0.15, -0.1) is 0 Å². The van der Waals surface area contributed by atoms with Crippen molar-refractivity contribution in [3.8, 4) is 11.8 Å². The van der Waals surface area contributed by atoms with Gasteiger partial charge in [0, 0.05) is 10.6 Å². The minimum absolute atomic E-state index is 0.178. The minimum Gasteiger partial charge on any atom is -0.744 e.